The lowest BCUT2D eigenvalue weighted by Gasteiger charge is -2.34. The molecule has 0 bridgehead atoms. The van der Waals surface area contributed by atoms with Crippen molar-refractivity contribution in [2.75, 3.05) is 12.3 Å². The van der Waals surface area contributed by atoms with Crippen LogP contribution in [0, 0.1) is 5.92 Å². The van der Waals surface area contributed by atoms with Crippen LogP contribution < -0.4 is 0 Å². The number of benzene rings is 3. The van der Waals surface area contributed by atoms with Crippen LogP contribution in [-0.2, 0) is 27.4 Å². The fourth-order valence-corrected chi connectivity index (χ4v) is 7.16. The van der Waals surface area contributed by atoms with Crippen molar-refractivity contribution in [2.45, 2.75) is 89.1 Å². The molecule has 3 aromatic carbocycles. The van der Waals surface area contributed by atoms with Crippen LogP contribution >= 0.6 is 11.8 Å². The molecule has 1 heterocycles. The molecule has 7 heteroatoms. The number of aromatic nitrogens is 2. The first-order chi connectivity index (χ1) is 21.5. The maximum absolute atomic E-state index is 14.5. The van der Waals surface area contributed by atoms with Gasteiger partial charge in [-0.15, -0.1) is 0 Å². The monoisotopic (exact) mass is 611 g/mol. The Morgan fingerprint density at radius 2 is 1.64 bits per heavy atom. The van der Waals surface area contributed by atoms with E-state index in [1.807, 2.05) is 66.9 Å². The highest BCUT2D eigenvalue weighted by Gasteiger charge is 2.33. The van der Waals surface area contributed by atoms with Crippen molar-refractivity contribution in [3.63, 3.8) is 0 Å². The third-order valence-electron chi connectivity index (χ3n) is 8.69. The second-order valence-electron chi connectivity index (χ2n) is 11.9. The Bertz CT molecular complexity index is 1480. The number of hydrogen-bond donors (Lipinski definition) is 0. The molecular formula is C37H45N3O3S. The number of carbonyl (C=O) groups is 2. The molecule has 0 N–H and O–H groups in total. The minimum atomic E-state index is -0.251. The Kier molecular flexibility index (Phi) is 11.5. The molecular weight excluding hydrogens is 566 g/mol. The van der Waals surface area contributed by atoms with Crippen molar-refractivity contribution in [1.82, 2.24) is 14.5 Å². The first kappa shape index (κ1) is 31.8. The summed E-state index contributed by atoms with van der Waals surface area (Å²) in [5.41, 5.74) is 4.07. The van der Waals surface area contributed by atoms with Gasteiger partial charge < -0.3 is 14.2 Å². The number of ether oxygens (including phenoxy) is 1. The molecule has 44 heavy (non-hydrogen) atoms. The van der Waals surface area contributed by atoms with Gasteiger partial charge in [-0.2, -0.15) is 0 Å². The molecule has 1 saturated carbocycles. The van der Waals surface area contributed by atoms with E-state index in [4.69, 9.17) is 9.72 Å². The topological polar surface area (TPSA) is 64.4 Å². The van der Waals surface area contributed by atoms with Crippen LogP contribution in [0.2, 0.25) is 0 Å². The summed E-state index contributed by atoms with van der Waals surface area (Å²) in [5, 5.41) is 0.803. The molecule has 1 aromatic heterocycles. The van der Waals surface area contributed by atoms with Gasteiger partial charge in [-0.3, -0.25) is 9.59 Å². The number of para-hydroxylation sites is 2. The average Bonchev–Trinajstić information content (AvgIpc) is 3.40. The number of esters is 1. The number of hydrogen-bond acceptors (Lipinski definition) is 5. The highest BCUT2D eigenvalue weighted by atomic mass is 32.2. The molecule has 6 nitrogen and oxygen atoms in total. The molecule has 0 aliphatic heterocycles. The van der Waals surface area contributed by atoms with E-state index in [1.54, 1.807) is 11.8 Å². The quantitative estimate of drug-likeness (QED) is 0.0816. The van der Waals surface area contributed by atoms with Gasteiger partial charge >= 0.3 is 5.97 Å². The molecule has 5 rings (SSSR count). The van der Waals surface area contributed by atoms with E-state index in [9.17, 15) is 9.59 Å². The normalized spacial score (nSPS) is 15.1. The SMILES string of the molecule is CCC(C)OC(=O)Cn1c(SCCCN(Cc2ccccc2)C(=O)C(c2ccccc2)C2CCCCC2)nc2ccccc21. The molecule has 1 aliphatic carbocycles. The van der Waals surface area contributed by atoms with Gasteiger partial charge in [-0.1, -0.05) is 111 Å². The maximum atomic E-state index is 14.5. The van der Waals surface area contributed by atoms with E-state index in [2.05, 4.69) is 41.3 Å². The number of imidazole rings is 1. The summed E-state index contributed by atoms with van der Waals surface area (Å²) in [5.74, 6) is 1.02. The van der Waals surface area contributed by atoms with Crippen molar-refractivity contribution >= 4 is 34.7 Å². The maximum Gasteiger partial charge on any atom is 0.326 e. The minimum absolute atomic E-state index is 0.116. The fraction of sp³-hybridized carbons (Fsp3) is 0.432. The summed E-state index contributed by atoms with van der Waals surface area (Å²) >= 11 is 1.64. The smallest absolute Gasteiger partial charge is 0.326 e. The van der Waals surface area contributed by atoms with Crippen LogP contribution in [0.5, 0.6) is 0 Å². The summed E-state index contributed by atoms with van der Waals surface area (Å²) in [7, 11) is 0. The molecule has 0 radical (unpaired) electrons. The molecule has 2 unspecified atom stereocenters. The van der Waals surface area contributed by atoms with Crippen LogP contribution in [0.25, 0.3) is 11.0 Å². The molecule has 2 atom stereocenters. The summed E-state index contributed by atoms with van der Waals surface area (Å²) in [6.07, 6.45) is 7.35. The summed E-state index contributed by atoms with van der Waals surface area (Å²) in [6, 6.07) is 28.6. The second kappa shape index (κ2) is 15.9. The van der Waals surface area contributed by atoms with Crippen LogP contribution in [-0.4, -0.2) is 44.7 Å². The fourth-order valence-electron chi connectivity index (χ4n) is 6.22. The molecule has 1 amide bonds. The molecule has 1 fully saturated rings. The summed E-state index contributed by atoms with van der Waals surface area (Å²) < 4.78 is 7.55. The van der Waals surface area contributed by atoms with Crippen molar-refractivity contribution < 1.29 is 14.3 Å². The van der Waals surface area contributed by atoms with Crippen LogP contribution in [0.4, 0.5) is 0 Å². The Balaban J connectivity index is 1.31. The summed E-state index contributed by atoms with van der Waals surface area (Å²) in [6.45, 7) is 5.31. The van der Waals surface area contributed by atoms with E-state index < -0.39 is 0 Å². The van der Waals surface area contributed by atoms with Gasteiger partial charge in [0.2, 0.25) is 5.91 Å². The molecule has 4 aromatic rings. The highest BCUT2D eigenvalue weighted by molar-refractivity contribution is 7.99. The molecule has 0 saturated heterocycles. The first-order valence-corrected chi connectivity index (χ1v) is 17.2. The van der Waals surface area contributed by atoms with Crippen molar-refractivity contribution in [3.05, 3.63) is 96.1 Å². The third-order valence-corrected chi connectivity index (χ3v) is 9.75. The zero-order chi connectivity index (χ0) is 30.7. The van der Waals surface area contributed by atoms with Gasteiger partial charge in [0, 0.05) is 18.8 Å². The van der Waals surface area contributed by atoms with Gasteiger partial charge in [0.25, 0.3) is 0 Å². The zero-order valence-corrected chi connectivity index (χ0v) is 26.9. The van der Waals surface area contributed by atoms with Gasteiger partial charge in [-0.05, 0) is 61.8 Å². The lowest BCUT2D eigenvalue weighted by molar-refractivity contribution is -0.149. The van der Waals surface area contributed by atoms with Crippen LogP contribution in [0.1, 0.15) is 75.8 Å². The Labute approximate surface area is 266 Å². The molecule has 1 aliphatic rings. The number of nitrogens with zero attached hydrogens (tertiary/aromatic N) is 3. The molecule has 232 valence electrons. The van der Waals surface area contributed by atoms with E-state index >= 15 is 0 Å². The number of fused-ring (bicyclic) bond motifs is 1. The van der Waals surface area contributed by atoms with Gasteiger partial charge in [-0.25, -0.2) is 4.98 Å². The Hall–Kier alpha value is -3.58. The van der Waals surface area contributed by atoms with Gasteiger partial charge in [0.15, 0.2) is 5.16 Å². The standard InChI is InChI=1S/C37H45N3O3S/c1-3-28(2)43-34(41)27-40-33-23-14-13-22-32(33)38-37(40)44-25-15-24-39(26-29-16-7-4-8-17-29)36(42)35(30-18-9-5-10-19-30)31-20-11-6-12-21-31/h4-5,7-10,13-14,16-19,22-23,28,31,35H,3,6,11-12,15,20-21,24-27H2,1-2H3. The van der Waals surface area contributed by atoms with Gasteiger partial charge in [0.05, 0.1) is 23.1 Å². The van der Waals surface area contributed by atoms with Gasteiger partial charge in [0.1, 0.15) is 6.54 Å². The molecule has 0 spiro atoms. The number of thioether (sulfide) groups is 1. The van der Waals surface area contributed by atoms with E-state index in [0.29, 0.717) is 19.0 Å². The average molecular weight is 612 g/mol. The highest BCUT2D eigenvalue weighted by Crippen LogP contribution is 2.38. The zero-order valence-electron chi connectivity index (χ0n) is 26.1. The predicted octanol–water partition coefficient (Wildman–Crippen LogP) is 8.25. The van der Waals surface area contributed by atoms with E-state index in [-0.39, 0.29) is 30.4 Å². The Morgan fingerprint density at radius 1 is 0.955 bits per heavy atom. The van der Waals surface area contributed by atoms with Crippen molar-refractivity contribution in [3.8, 4) is 0 Å². The number of rotatable bonds is 14. The first-order valence-electron chi connectivity index (χ1n) is 16.2. The van der Waals surface area contributed by atoms with Crippen molar-refractivity contribution in [2.24, 2.45) is 5.92 Å². The largest absolute Gasteiger partial charge is 0.461 e. The lowest BCUT2D eigenvalue weighted by Crippen LogP contribution is -2.39. The van der Waals surface area contributed by atoms with E-state index in [1.165, 1.54) is 19.3 Å². The van der Waals surface area contributed by atoms with E-state index in [0.717, 1.165) is 58.8 Å². The van der Waals surface area contributed by atoms with Crippen LogP contribution in [0.15, 0.2) is 90.1 Å². The van der Waals surface area contributed by atoms with Crippen molar-refractivity contribution in [1.29, 1.82) is 0 Å². The minimum Gasteiger partial charge on any atom is -0.461 e. The number of carbonyl (C=O) groups excluding carboxylic acids is 2. The Morgan fingerprint density at radius 3 is 2.36 bits per heavy atom. The third kappa shape index (κ3) is 8.32. The van der Waals surface area contributed by atoms with Crippen LogP contribution in [0.3, 0.4) is 0 Å². The second-order valence-corrected chi connectivity index (χ2v) is 13.0. The number of amides is 1. The predicted molar refractivity (Wildman–Crippen MR) is 179 cm³/mol. The summed E-state index contributed by atoms with van der Waals surface area (Å²) in [4.78, 5) is 34.1. The lowest BCUT2D eigenvalue weighted by atomic mass is 9.76.